The molecular formula is C10H9ClN2O. The molecule has 1 heterocycles. The second-order valence-electron chi connectivity index (χ2n) is 2.46. The van der Waals surface area contributed by atoms with Crippen molar-refractivity contribution in [1.82, 2.24) is 10.3 Å². The van der Waals surface area contributed by atoms with Crippen LogP contribution in [0.25, 0.3) is 0 Å². The molecule has 0 aromatic carbocycles. The second-order valence-corrected chi connectivity index (χ2v) is 2.87. The Morgan fingerprint density at radius 1 is 1.71 bits per heavy atom. The van der Waals surface area contributed by atoms with Gasteiger partial charge in [-0.2, -0.15) is 0 Å². The van der Waals surface area contributed by atoms with Gasteiger partial charge in [0.05, 0.1) is 17.1 Å². The lowest BCUT2D eigenvalue weighted by atomic mass is 10.2. The van der Waals surface area contributed by atoms with Gasteiger partial charge in [-0.25, -0.2) is 0 Å². The first-order valence-corrected chi connectivity index (χ1v) is 4.41. The minimum absolute atomic E-state index is 0.236. The van der Waals surface area contributed by atoms with E-state index < -0.39 is 0 Å². The zero-order valence-corrected chi connectivity index (χ0v) is 8.43. The van der Waals surface area contributed by atoms with Crippen LogP contribution in [0.15, 0.2) is 18.5 Å². The highest BCUT2D eigenvalue weighted by atomic mass is 35.5. The summed E-state index contributed by atoms with van der Waals surface area (Å²) in [4.78, 5) is 15.2. The number of carbonyl (C=O) groups is 1. The van der Waals surface area contributed by atoms with Gasteiger partial charge in [-0.05, 0) is 13.0 Å². The SMILES string of the molecule is CC#CCNC(=O)c1ccncc1Cl. The van der Waals surface area contributed by atoms with E-state index in [0.717, 1.165) is 0 Å². The van der Waals surface area contributed by atoms with Crippen LogP contribution in [0.2, 0.25) is 5.02 Å². The largest absolute Gasteiger partial charge is 0.341 e. The van der Waals surface area contributed by atoms with Crippen LogP contribution in [0.4, 0.5) is 0 Å². The van der Waals surface area contributed by atoms with E-state index in [0.29, 0.717) is 17.1 Å². The van der Waals surface area contributed by atoms with Crippen molar-refractivity contribution in [1.29, 1.82) is 0 Å². The predicted molar refractivity (Wildman–Crippen MR) is 55.0 cm³/mol. The van der Waals surface area contributed by atoms with E-state index in [1.165, 1.54) is 12.4 Å². The van der Waals surface area contributed by atoms with Crippen molar-refractivity contribution < 1.29 is 4.79 Å². The molecule has 1 aromatic rings. The molecule has 0 saturated carbocycles. The molecule has 72 valence electrons. The topological polar surface area (TPSA) is 42.0 Å². The van der Waals surface area contributed by atoms with Gasteiger partial charge in [-0.15, -0.1) is 5.92 Å². The number of rotatable bonds is 2. The van der Waals surface area contributed by atoms with Crippen molar-refractivity contribution in [2.75, 3.05) is 6.54 Å². The van der Waals surface area contributed by atoms with Gasteiger partial charge >= 0.3 is 0 Å². The van der Waals surface area contributed by atoms with Crippen molar-refractivity contribution in [3.63, 3.8) is 0 Å². The molecule has 0 aliphatic heterocycles. The van der Waals surface area contributed by atoms with Crippen LogP contribution in [0.1, 0.15) is 17.3 Å². The van der Waals surface area contributed by atoms with Gasteiger partial charge in [0.1, 0.15) is 0 Å². The van der Waals surface area contributed by atoms with Crippen LogP contribution in [-0.4, -0.2) is 17.4 Å². The molecular weight excluding hydrogens is 200 g/mol. The summed E-state index contributed by atoms with van der Waals surface area (Å²) in [6.45, 7) is 2.04. The molecule has 14 heavy (non-hydrogen) atoms. The molecule has 1 amide bonds. The van der Waals surface area contributed by atoms with Crippen molar-refractivity contribution >= 4 is 17.5 Å². The van der Waals surface area contributed by atoms with Crippen LogP contribution in [0, 0.1) is 11.8 Å². The summed E-state index contributed by atoms with van der Waals surface area (Å²) >= 11 is 5.77. The molecule has 0 unspecified atom stereocenters. The molecule has 0 saturated heterocycles. The van der Waals surface area contributed by atoms with Gasteiger partial charge in [0, 0.05) is 12.4 Å². The maximum absolute atomic E-state index is 11.4. The van der Waals surface area contributed by atoms with Gasteiger partial charge in [0.15, 0.2) is 0 Å². The molecule has 3 nitrogen and oxygen atoms in total. The van der Waals surface area contributed by atoms with E-state index in [2.05, 4.69) is 22.1 Å². The predicted octanol–water partition coefficient (Wildman–Crippen LogP) is 1.49. The summed E-state index contributed by atoms with van der Waals surface area (Å²) in [7, 11) is 0. The first-order chi connectivity index (χ1) is 6.75. The zero-order valence-electron chi connectivity index (χ0n) is 7.67. The Kier molecular flexibility index (Phi) is 3.96. The van der Waals surface area contributed by atoms with E-state index in [-0.39, 0.29) is 5.91 Å². The normalized spacial score (nSPS) is 8.71. The summed E-state index contributed by atoms with van der Waals surface area (Å²) in [6.07, 6.45) is 2.95. The summed E-state index contributed by atoms with van der Waals surface area (Å²) < 4.78 is 0. The number of pyridine rings is 1. The van der Waals surface area contributed by atoms with Gasteiger partial charge < -0.3 is 5.32 Å². The lowest BCUT2D eigenvalue weighted by Gasteiger charge is -2.02. The number of carbonyl (C=O) groups excluding carboxylic acids is 1. The summed E-state index contributed by atoms with van der Waals surface area (Å²) in [5.74, 6) is 5.17. The average molecular weight is 209 g/mol. The fourth-order valence-corrected chi connectivity index (χ4v) is 1.07. The first-order valence-electron chi connectivity index (χ1n) is 4.03. The standard InChI is InChI=1S/C10H9ClN2O/c1-2-3-5-13-10(14)8-4-6-12-7-9(8)11/h4,6-7H,5H2,1H3,(H,13,14). The van der Waals surface area contributed by atoms with Gasteiger partial charge in [0.25, 0.3) is 5.91 Å². The number of nitrogens with zero attached hydrogens (tertiary/aromatic N) is 1. The van der Waals surface area contributed by atoms with Gasteiger partial charge in [-0.3, -0.25) is 9.78 Å². The molecule has 1 N–H and O–H groups in total. The fraction of sp³-hybridized carbons (Fsp3) is 0.200. The highest BCUT2D eigenvalue weighted by Gasteiger charge is 2.07. The number of hydrogen-bond donors (Lipinski definition) is 1. The third-order valence-electron chi connectivity index (χ3n) is 1.53. The number of amides is 1. The smallest absolute Gasteiger partial charge is 0.253 e. The minimum atomic E-state index is -0.236. The van der Waals surface area contributed by atoms with E-state index in [1.54, 1.807) is 13.0 Å². The number of hydrogen-bond acceptors (Lipinski definition) is 2. The number of aromatic nitrogens is 1. The quantitative estimate of drug-likeness (QED) is 0.749. The first kappa shape index (κ1) is 10.6. The van der Waals surface area contributed by atoms with Crippen molar-refractivity contribution in [2.24, 2.45) is 0 Å². The maximum atomic E-state index is 11.4. The van der Waals surface area contributed by atoms with E-state index in [1.807, 2.05) is 0 Å². The summed E-state index contributed by atoms with van der Waals surface area (Å²) in [5.41, 5.74) is 0.416. The Morgan fingerprint density at radius 3 is 3.14 bits per heavy atom. The van der Waals surface area contributed by atoms with Crippen LogP contribution in [0.5, 0.6) is 0 Å². The van der Waals surface area contributed by atoms with Crippen LogP contribution in [-0.2, 0) is 0 Å². The molecule has 1 rings (SSSR count). The minimum Gasteiger partial charge on any atom is -0.341 e. The van der Waals surface area contributed by atoms with Gasteiger partial charge in [-0.1, -0.05) is 17.5 Å². The fourth-order valence-electron chi connectivity index (χ4n) is 0.867. The lowest BCUT2D eigenvalue weighted by molar-refractivity contribution is 0.0959. The molecule has 0 fully saturated rings. The molecule has 0 aliphatic carbocycles. The number of halogens is 1. The van der Waals surface area contributed by atoms with Crippen LogP contribution in [0.3, 0.4) is 0 Å². The lowest BCUT2D eigenvalue weighted by Crippen LogP contribution is -2.23. The summed E-state index contributed by atoms with van der Waals surface area (Å²) in [5, 5.41) is 2.96. The highest BCUT2D eigenvalue weighted by Crippen LogP contribution is 2.12. The molecule has 0 atom stereocenters. The highest BCUT2D eigenvalue weighted by molar-refractivity contribution is 6.33. The molecule has 4 heteroatoms. The van der Waals surface area contributed by atoms with E-state index in [9.17, 15) is 4.79 Å². The average Bonchev–Trinajstić information content (AvgIpc) is 2.18. The molecule has 0 radical (unpaired) electrons. The maximum Gasteiger partial charge on any atom is 0.253 e. The Hall–Kier alpha value is -1.53. The molecule has 0 spiro atoms. The zero-order chi connectivity index (χ0) is 10.4. The summed E-state index contributed by atoms with van der Waals surface area (Å²) in [6, 6.07) is 1.57. The molecule has 0 aliphatic rings. The molecule has 0 bridgehead atoms. The van der Waals surface area contributed by atoms with Crippen molar-refractivity contribution in [3.05, 3.63) is 29.0 Å². The van der Waals surface area contributed by atoms with Crippen LogP contribution < -0.4 is 5.32 Å². The monoisotopic (exact) mass is 208 g/mol. The van der Waals surface area contributed by atoms with E-state index in [4.69, 9.17) is 11.6 Å². The van der Waals surface area contributed by atoms with Crippen molar-refractivity contribution in [2.45, 2.75) is 6.92 Å². The van der Waals surface area contributed by atoms with Crippen LogP contribution >= 0.6 is 11.6 Å². The third kappa shape index (κ3) is 2.75. The number of nitrogens with one attached hydrogen (secondary N) is 1. The Labute approximate surface area is 87.5 Å². The third-order valence-corrected chi connectivity index (χ3v) is 1.83. The Morgan fingerprint density at radius 2 is 2.50 bits per heavy atom. The van der Waals surface area contributed by atoms with E-state index >= 15 is 0 Å². The van der Waals surface area contributed by atoms with Gasteiger partial charge in [0.2, 0.25) is 0 Å². The Balaban J connectivity index is 2.68. The Bertz CT molecular complexity index is 393. The molecule has 1 aromatic heterocycles. The van der Waals surface area contributed by atoms with Crippen molar-refractivity contribution in [3.8, 4) is 11.8 Å². The second kappa shape index (κ2) is 5.25.